The van der Waals surface area contributed by atoms with Crippen molar-refractivity contribution >= 4 is 23.5 Å². The summed E-state index contributed by atoms with van der Waals surface area (Å²) in [5, 5.41) is 5.17. The highest BCUT2D eigenvalue weighted by atomic mass is 19.3. The summed E-state index contributed by atoms with van der Waals surface area (Å²) in [6.45, 7) is -3.58. The Labute approximate surface area is 171 Å². The molecule has 30 heavy (non-hydrogen) atoms. The number of hydrogen-bond acceptors (Lipinski definition) is 4. The first-order valence-corrected chi connectivity index (χ1v) is 9.42. The highest BCUT2D eigenvalue weighted by molar-refractivity contribution is 6.10. The van der Waals surface area contributed by atoms with Crippen LogP contribution in [0.15, 0.2) is 48.5 Å². The van der Waals surface area contributed by atoms with Gasteiger partial charge in [-0.25, -0.2) is 4.79 Å². The summed E-state index contributed by atoms with van der Waals surface area (Å²) >= 11 is 0. The number of nitrogens with one attached hydrogen (secondary N) is 2. The molecule has 1 heterocycles. The third-order valence-electron chi connectivity index (χ3n) is 5.36. The number of urea groups is 1. The van der Waals surface area contributed by atoms with Crippen LogP contribution in [0.4, 0.5) is 19.3 Å². The molecule has 1 fully saturated rings. The van der Waals surface area contributed by atoms with Crippen LogP contribution >= 0.6 is 0 Å². The zero-order valence-corrected chi connectivity index (χ0v) is 15.9. The maximum atomic E-state index is 13.0. The monoisotopic (exact) mass is 415 g/mol. The van der Waals surface area contributed by atoms with E-state index in [4.69, 9.17) is 0 Å². The van der Waals surface area contributed by atoms with E-state index in [0.29, 0.717) is 19.3 Å². The Kier molecular flexibility index (Phi) is 5.11. The van der Waals surface area contributed by atoms with Crippen molar-refractivity contribution in [3.63, 3.8) is 0 Å². The summed E-state index contributed by atoms with van der Waals surface area (Å²) in [5.74, 6) is -1.37. The number of imide groups is 1. The number of halogens is 2. The number of fused-ring (bicyclic) bond motifs is 1. The molecule has 1 spiro atoms. The summed E-state index contributed by atoms with van der Waals surface area (Å²) in [5.41, 5.74) is 1.08. The highest BCUT2D eigenvalue weighted by Gasteiger charge is 2.52. The average molecular weight is 415 g/mol. The van der Waals surface area contributed by atoms with Crippen LogP contribution in [0.25, 0.3) is 0 Å². The van der Waals surface area contributed by atoms with Crippen LogP contribution in [0.5, 0.6) is 5.75 Å². The van der Waals surface area contributed by atoms with Crippen molar-refractivity contribution in [2.75, 3.05) is 11.9 Å². The third-order valence-corrected chi connectivity index (χ3v) is 5.36. The second-order valence-electron chi connectivity index (χ2n) is 7.27. The minimum absolute atomic E-state index is 0.0242. The molecule has 2 aromatic rings. The van der Waals surface area contributed by atoms with Gasteiger partial charge in [-0.1, -0.05) is 36.4 Å². The molecule has 1 saturated heterocycles. The maximum Gasteiger partial charge on any atom is 0.387 e. The zero-order valence-electron chi connectivity index (χ0n) is 15.9. The lowest BCUT2D eigenvalue weighted by Gasteiger charge is -2.32. The molecule has 2 N–H and O–H groups in total. The Bertz CT molecular complexity index is 1010. The van der Waals surface area contributed by atoms with Gasteiger partial charge in [-0.05, 0) is 36.1 Å². The van der Waals surface area contributed by atoms with Crippen molar-refractivity contribution in [2.24, 2.45) is 0 Å². The lowest BCUT2D eigenvalue weighted by atomic mass is 9.78. The van der Waals surface area contributed by atoms with E-state index in [2.05, 4.69) is 15.4 Å². The quantitative estimate of drug-likeness (QED) is 0.735. The molecule has 2 aliphatic rings. The SMILES string of the molecule is O=C(CN1C(=O)NC2(CCc3ccccc3C2)C1=O)Nc1ccccc1OC(F)F. The fourth-order valence-electron chi connectivity index (χ4n) is 3.95. The molecule has 9 heteroatoms. The van der Waals surface area contributed by atoms with Gasteiger partial charge in [0, 0.05) is 6.42 Å². The van der Waals surface area contributed by atoms with E-state index in [-0.39, 0.29) is 11.4 Å². The molecular formula is C21H19F2N3O4. The number of alkyl halides is 2. The van der Waals surface area contributed by atoms with Gasteiger partial charge >= 0.3 is 12.6 Å². The zero-order chi connectivity index (χ0) is 21.3. The average Bonchev–Trinajstić information content (AvgIpc) is 2.93. The van der Waals surface area contributed by atoms with Gasteiger partial charge in [-0.15, -0.1) is 0 Å². The topological polar surface area (TPSA) is 87.7 Å². The Balaban J connectivity index is 1.46. The fourth-order valence-corrected chi connectivity index (χ4v) is 3.95. The van der Waals surface area contributed by atoms with Crippen molar-refractivity contribution in [3.05, 3.63) is 59.7 Å². The molecule has 4 amide bonds. The number of para-hydroxylation sites is 2. The molecule has 1 aliphatic carbocycles. The Morgan fingerprint density at radius 2 is 1.83 bits per heavy atom. The second-order valence-corrected chi connectivity index (χ2v) is 7.27. The van der Waals surface area contributed by atoms with Crippen LogP contribution in [0.1, 0.15) is 17.5 Å². The number of aryl methyl sites for hydroxylation is 1. The fraction of sp³-hybridized carbons (Fsp3) is 0.286. The first-order valence-electron chi connectivity index (χ1n) is 9.42. The van der Waals surface area contributed by atoms with Gasteiger partial charge in [0.05, 0.1) is 5.69 Å². The van der Waals surface area contributed by atoms with Gasteiger partial charge in [0.1, 0.15) is 17.8 Å². The predicted molar refractivity (Wildman–Crippen MR) is 103 cm³/mol. The first-order chi connectivity index (χ1) is 14.4. The van der Waals surface area contributed by atoms with Gasteiger partial charge in [-0.3, -0.25) is 14.5 Å². The minimum Gasteiger partial charge on any atom is -0.433 e. The number of anilines is 1. The smallest absolute Gasteiger partial charge is 0.387 e. The largest absolute Gasteiger partial charge is 0.433 e. The highest BCUT2D eigenvalue weighted by Crippen LogP contribution is 2.33. The predicted octanol–water partition coefficient (Wildman–Crippen LogP) is 2.71. The normalized spacial score (nSPS) is 20.3. The number of ether oxygens (including phenoxy) is 1. The van der Waals surface area contributed by atoms with Gasteiger partial charge in [0.15, 0.2) is 0 Å². The summed E-state index contributed by atoms with van der Waals surface area (Å²) in [4.78, 5) is 38.8. The van der Waals surface area contributed by atoms with Crippen LogP contribution in [0.2, 0.25) is 0 Å². The van der Waals surface area contributed by atoms with Gasteiger partial charge in [0.25, 0.3) is 5.91 Å². The van der Waals surface area contributed by atoms with Crippen molar-refractivity contribution in [1.82, 2.24) is 10.2 Å². The minimum atomic E-state index is -3.05. The number of nitrogens with zero attached hydrogens (tertiary/aromatic N) is 1. The van der Waals surface area contributed by atoms with Crippen molar-refractivity contribution in [1.29, 1.82) is 0 Å². The first kappa shape index (κ1) is 19.8. The van der Waals surface area contributed by atoms with Crippen molar-refractivity contribution < 1.29 is 27.9 Å². The molecule has 1 unspecified atom stereocenters. The molecule has 0 bridgehead atoms. The van der Waals surface area contributed by atoms with E-state index in [9.17, 15) is 23.2 Å². The van der Waals surface area contributed by atoms with E-state index in [1.54, 1.807) is 0 Å². The van der Waals surface area contributed by atoms with Gasteiger partial charge in [0.2, 0.25) is 5.91 Å². The Morgan fingerprint density at radius 3 is 2.60 bits per heavy atom. The molecular weight excluding hydrogens is 396 g/mol. The van der Waals surface area contributed by atoms with E-state index >= 15 is 0 Å². The summed E-state index contributed by atoms with van der Waals surface area (Å²) in [6.07, 6.45) is 1.44. The van der Waals surface area contributed by atoms with Crippen molar-refractivity contribution in [2.45, 2.75) is 31.4 Å². The number of rotatable bonds is 5. The summed E-state index contributed by atoms with van der Waals surface area (Å²) < 4.78 is 29.4. The number of benzene rings is 2. The van der Waals surface area contributed by atoms with E-state index < -0.39 is 36.5 Å². The summed E-state index contributed by atoms with van der Waals surface area (Å²) in [6, 6.07) is 12.8. The van der Waals surface area contributed by atoms with Gasteiger partial charge in [-0.2, -0.15) is 8.78 Å². The summed E-state index contributed by atoms with van der Waals surface area (Å²) in [7, 11) is 0. The number of carbonyl (C=O) groups excluding carboxylic acids is 3. The number of amides is 4. The molecule has 0 aromatic heterocycles. The molecule has 1 atom stereocenters. The molecule has 7 nitrogen and oxygen atoms in total. The molecule has 1 aliphatic heterocycles. The van der Waals surface area contributed by atoms with Crippen molar-refractivity contribution in [3.8, 4) is 5.75 Å². The molecule has 2 aromatic carbocycles. The molecule has 4 rings (SSSR count). The molecule has 0 saturated carbocycles. The third kappa shape index (κ3) is 3.70. The number of carbonyl (C=O) groups is 3. The molecule has 0 radical (unpaired) electrons. The maximum absolute atomic E-state index is 13.0. The Morgan fingerprint density at radius 1 is 1.13 bits per heavy atom. The van der Waals surface area contributed by atoms with E-state index in [0.717, 1.165) is 16.0 Å². The lowest BCUT2D eigenvalue weighted by molar-refractivity contribution is -0.134. The number of hydrogen-bond donors (Lipinski definition) is 2. The van der Waals surface area contributed by atoms with Crippen LogP contribution in [0, 0.1) is 0 Å². The lowest BCUT2D eigenvalue weighted by Crippen LogP contribution is -2.51. The van der Waals surface area contributed by atoms with Crippen LogP contribution in [-0.2, 0) is 22.4 Å². The van der Waals surface area contributed by atoms with E-state index in [1.165, 1.54) is 24.3 Å². The molecule has 156 valence electrons. The Hall–Kier alpha value is -3.49. The second kappa shape index (κ2) is 7.74. The van der Waals surface area contributed by atoms with E-state index in [1.807, 2.05) is 24.3 Å². The van der Waals surface area contributed by atoms with Crippen LogP contribution in [0.3, 0.4) is 0 Å². The van der Waals surface area contributed by atoms with Crippen LogP contribution < -0.4 is 15.4 Å². The van der Waals surface area contributed by atoms with Crippen LogP contribution in [-0.4, -0.2) is 41.4 Å². The van der Waals surface area contributed by atoms with Gasteiger partial charge < -0.3 is 15.4 Å². The standard InChI is InChI=1S/C21H19F2N3O4/c22-19(23)30-16-8-4-3-7-15(16)24-17(27)12-26-18(28)21(25-20(26)29)10-9-13-5-1-2-6-14(13)11-21/h1-8,19H,9-12H2,(H,24,27)(H,25,29).